The first-order chi connectivity index (χ1) is 11.8. The van der Waals surface area contributed by atoms with Crippen LogP contribution < -0.4 is 0 Å². The predicted octanol–water partition coefficient (Wildman–Crippen LogP) is 1.98. The number of aryl methyl sites for hydroxylation is 1. The van der Waals surface area contributed by atoms with Crippen LogP contribution in [0, 0.1) is 0 Å². The van der Waals surface area contributed by atoms with Gasteiger partial charge < -0.3 is 14.7 Å². The van der Waals surface area contributed by atoms with Crippen molar-refractivity contribution in [2.75, 3.05) is 19.8 Å². The number of hydrogen-bond acceptors (Lipinski definition) is 4. The van der Waals surface area contributed by atoms with E-state index in [0.717, 1.165) is 11.1 Å². The Morgan fingerprint density at radius 3 is 2.79 bits per heavy atom. The molecule has 1 N–H and O–H groups in total. The van der Waals surface area contributed by atoms with Gasteiger partial charge in [0.1, 0.15) is 6.10 Å². The van der Waals surface area contributed by atoms with Crippen molar-refractivity contribution >= 4 is 5.91 Å². The summed E-state index contributed by atoms with van der Waals surface area (Å²) in [6.07, 6.45) is 4.22. The van der Waals surface area contributed by atoms with Gasteiger partial charge in [0.25, 0.3) is 0 Å². The van der Waals surface area contributed by atoms with Gasteiger partial charge in [-0.2, -0.15) is 0 Å². The van der Waals surface area contributed by atoms with Gasteiger partial charge in [-0.3, -0.25) is 9.78 Å². The van der Waals surface area contributed by atoms with Gasteiger partial charge >= 0.3 is 0 Å². The van der Waals surface area contributed by atoms with E-state index in [0.29, 0.717) is 26.0 Å². The summed E-state index contributed by atoms with van der Waals surface area (Å²) < 4.78 is 5.68. The lowest BCUT2D eigenvalue weighted by Gasteiger charge is -2.41. The molecule has 1 aromatic carbocycles. The van der Waals surface area contributed by atoms with Crippen LogP contribution in [0.1, 0.15) is 23.6 Å². The SMILES string of the molecule is O=C(CCc1cccnc1)N1CCO[C@H](CO)[C@H]1c1ccccc1. The number of carbonyl (C=O) groups excluding carboxylic acids is 1. The second kappa shape index (κ2) is 8.04. The predicted molar refractivity (Wildman–Crippen MR) is 90.3 cm³/mol. The van der Waals surface area contributed by atoms with Crippen molar-refractivity contribution in [3.8, 4) is 0 Å². The van der Waals surface area contributed by atoms with Gasteiger partial charge in [0.15, 0.2) is 0 Å². The van der Waals surface area contributed by atoms with E-state index in [9.17, 15) is 9.90 Å². The zero-order valence-corrected chi connectivity index (χ0v) is 13.5. The fraction of sp³-hybridized carbons (Fsp3) is 0.368. The summed E-state index contributed by atoms with van der Waals surface area (Å²) in [5.41, 5.74) is 2.04. The Bertz CT molecular complexity index is 648. The molecular weight excluding hydrogens is 304 g/mol. The molecule has 0 aliphatic carbocycles. The molecular formula is C19H22N2O3. The number of nitrogens with zero attached hydrogens (tertiary/aromatic N) is 2. The summed E-state index contributed by atoms with van der Waals surface area (Å²) in [6.45, 7) is 0.890. The molecule has 5 nitrogen and oxygen atoms in total. The van der Waals surface area contributed by atoms with Crippen molar-refractivity contribution in [2.24, 2.45) is 0 Å². The summed E-state index contributed by atoms with van der Waals surface area (Å²) in [7, 11) is 0. The molecule has 1 amide bonds. The topological polar surface area (TPSA) is 62.7 Å². The first-order valence-electron chi connectivity index (χ1n) is 8.25. The largest absolute Gasteiger partial charge is 0.394 e. The van der Waals surface area contributed by atoms with Crippen LogP contribution in [0.25, 0.3) is 0 Å². The van der Waals surface area contributed by atoms with E-state index >= 15 is 0 Å². The molecule has 1 aliphatic rings. The zero-order valence-electron chi connectivity index (χ0n) is 13.5. The summed E-state index contributed by atoms with van der Waals surface area (Å²) in [5, 5.41) is 9.66. The molecule has 1 aromatic heterocycles. The molecule has 0 bridgehead atoms. The van der Waals surface area contributed by atoms with Gasteiger partial charge in [-0.1, -0.05) is 36.4 Å². The van der Waals surface area contributed by atoms with Crippen LogP contribution in [0.2, 0.25) is 0 Å². The minimum Gasteiger partial charge on any atom is -0.394 e. The highest BCUT2D eigenvalue weighted by molar-refractivity contribution is 5.77. The van der Waals surface area contributed by atoms with E-state index in [1.54, 1.807) is 12.4 Å². The van der Waals surface area contributed by atoms with Gasteiger partial charge in [-0.05, 0) is 23.6 Å². The van der Waals surface area contributed by atoms with Crippen LogP contribution in [0.4, 0.5) is 0 Å². The number of pyridine rings is 1. The van der Waals surface area contributed by atoms with Crippen molar-refractivity contribution in [3.05, 3.63) is 66.0 Å². The molecule has 1 saturated heterocycles. The lowest BCUT2D eigenvalue weighted by Crippen LogP contribution is -2.49. The fourth-order valence-electron chi connectivity index (χ4n) is 3.15. The number of aliphatic hydroxyl groups excluding tert-OH is 1. The van der Waals surface area contributed by atoms with Gasteiger partial charge in [0.2, 0.25) is 5.91 Å². The maximum atomic E-state index is 12.8. The third kappa shape index (κ3) is 3.80. The van der Waals surface area contributed by atoms with Gasteiger partial charge in [-0.25, -0.2) is 0 Å². The average Bonchev–Trinajstić information content (AvgIpc) is 2.67. The van der Waals surface area contributed by atoms with E-state index in [4.69, 9.17) is 4.74 Å². The summed E-state index contributed by atoms with van der Waals surface area (Å²) in [5.74, 6) is 0.0782. The highest BCUT2D eigenvalue weighted by Gasteiger charge is 2.35. The monoisotopic (exact) mass is 326 g/mol. The standard InChI is InChI=1S/C19H22N2O3/c22-14-17-19(16-6-2-1-3-7-16)21(11-12-24-17)18(23)9-8-15-5-4-10-20-13-15/h1-7,10,13,17,19,22H,8-9,11-12,14H2/t17-,19-/m1/s1. The van der Waals surface area contributed by atoms with E-state index in [1.165, 1.54) is 0 Å². The number of ether oxygens (including phenoxy) is 1. The number of hydrogen-bond donors (Lipinski definition) is 1. The zero-order chi connectivity index (χ0) is 16.8. The molecule has 2 aromatic rings. The van der Waals surface area contributed by atoms with E-state index < -0.39 is 0 Å². The lowest BCUT2D eigenvalue weighted by atomic mass is 9.97. The van der Waals surface area contributed by atoms with Crippen LogP contribution >= 0.6 is 0 Å². The number of morpholine rings is 1. The van der Waals surface area contributed by atoms with Crippen molar-refractivity contribution in [2.45, 2.75) is 25.0 Å². The van der Waals surface area contributed by atoms with Crippen molar-refractivity contribution in [1.29, 1.82) is 0 Å². The highest BCUT2D eigenvalue weighted by Crippen LogP contribution is 2.30. The minimum atomic E-state index is -0.386. The quantitative estimate of drug-likeness (QED) is 0.912. The molecule has 3 rings (SSSR count). The molecule has 5 heteroatoms. The molecule has 1 aliphatic heterocycles. The Kier molecular flexibility index (Phi) is 5.56. The first kappa shape index (κ1) is 16.6. The fourth-order valence-corrected chi connectivity index (χ4v) is 3.15. The average molecular weight is 326 g/mol. The summed E-state index contributed by atoms with van der Waals surface area (Å²) in [4.78, 5) is 18.7. The number of aromatic nitrogens is 1. The third-order valence-corrected chi connectivity index (χ3v) is 4.34. The molecule has 1 fully saturated rings. The number of carbonyl (C=O) groups is 1. The Labute approximate surface area is 141 Å². The van der Waals surface area contributed by atoms with Crippen LogP contribution in [0.5, 0.6) is 0 Å². The van der Waals surface area contributed by atoms with Gasteiger partial charge in [-0.15, -0.1) is 0 Å². The molecule has 126 valence electrons. The maximum absolute atomic E-state index is 12.8. The molecule has 2 atom stereocenters. The second-order valence-corrected chi connectivity index (χ2v) is 5.90. The first-order valence-corrected chi connectivity index (χ1v) is 8.25. The summed E-state index contributed by atoms with van der Waals surface area (Å²) in [6, 6.07) is 13.4. The van der Waals surface area contributed by atoms with Gasteiger partial charge in [0.05, 0.1) is 19.3 Å². The Balaban J connectivity index is 1.74. The highest BCUT2D eigenvalue weighted by atomic mass is 16.5. The van der Waals surface area contributed by atoms with E-state index in [2.05, 4.69) is 4.98 Å². The number of aliphatic hydroxyl groups is 1. The third-order valence-electron chi connectivity index (χ3n) is 4.34. The normalized spacial score (nSPS) is 20.8. The van der Waals surface area contributed by atoms with Crippen LogP contribution in [0.3, 0.4) is 0 Å². The Hall–Kier alpha value is -2.24. The molecule has 2 heterocycles. The molecule has 0 saturated carbocycles. The number of rotatable bonds is 5. The van der Waals surface area contributed by atoms with Gasteiger partial charge in [0, 0.05) is 25.4 Å². The van der Waals surface area contributed by atoms with Crippen molar-refractivity contribution in [3.63, 3.8) is 0 Å². The van der Waals surface area contributed by atoms with Crippen LogP contribution in [-0.2, 0) is 16.0 Å². The van der Waals surface area contributed by atoms with Crippen molar-refractivity contribution < 1.29 is 14.6 Å². The van der Waals surface area contributed by atoms with E-state index in [1.807, 2.05) is 47.4 Å². The second-order valence-electron chi connectivity index (χ2n) is 5.90. The number of amides is 1. The number of benzene rings is 1. The maximum Gasteiger partial charge on any atom is 0.223 e. The van der Waals surface area contributed by atoms with E-state index in [-0.39, 0.29) is 24.7 Å². The summed E-state index contributed by atoms with van der Waals surface area (Å²) >= 11 is 0. The molecule has 24 heavy (non-hydrogen) atoms. The molecule has 0 spiro atoms. The molecule has 0 radical (unpaired) electrons. The smallest absolute Gasteiger partial charge is 0.223 e. The van der Waals surface area contributed by atoms with Crippen LogP contribution in [-0.4, -0.2) is 46.8 Å². The Morgan fingerprint density at radius 1 is 1.25 bits per heavy atom. The van der Waals surface area contributed by atoms with Crippen LogP contribution in [0.15, 0.2) is 54.9 Å². The van der Waals surface area contributed by atoms with Crippen molar-refractivity contribution in [1.82, 2.24) is 9.88 Å². The molecule has 0 unspecified atom stereocenters. The lowest BCUT2D eigenvalue weighted by molar-refractivity contribution is -0.149. The Morgan fingerprint density at radius 2 is 2.08 bits per heavy atom. The minimum absolute atomic E-state index is 0.0782.